The van der Waals surface area contributed by atoms with Crippen LogP contribution in [0.1, 0.15) is 43.0 Å². The van der Waals surface area contributed by atoms with Crippen LogP contribution in [0.3, 0.4) is 0 Å². The van der Waals surface area contributed by atoms with E-state index in [0.29, 0.717) is 12.2 Å². The molecule has 0 bridgehead atoms. The summed E-state index contributed by atoms with van der Waals surface area (Å²) in [6.45, 7) is 2.65. The third-order valence-electron chi connectivity index (χ3n) is 3.03. The number of nitrogens with one attached hydrogen (secondary N) is 2. The Labute approximate surface area is 130 Å². The molecule has 2 amide bonds. The van der Waals surface area contributed by atoms with E-state index in [2.05, 4.69) is 22.3 Å². The second-order valence-electron chi connectivity index (χ2n) is 4.82. The SMILES string of the molecule is CCCCCNC(=O)CC(=O)Nc1ccccc1C(=O)OC. The summed E-state index contributed by atoms with van der Waals surface area (Å²) >= 11 is 0. The van der Waals surface area contributed by atoms with Crippen LogP contribution in [-0.4, -0.2) is 31.4 Å². The lowest BCUT2D eigenvalue weighted by atomic mass is 10.1. The van der Waals surface area contributed by atoms with E-state index in [1.54, 1.807) is 24.3 Å². The minimum absolute atomic E-state index is 0.252. The number of benzene rings is 1. The maximum absolute atomic E-state index is 11.9. The third-order valence-corrected chi connectivity index (χ3v) is 3.03. The van der Waals surface area contributed by atoms with Crippen molar-refractivity contribution < 1.29 is 19.1 Å². The molecular formula is C16H22N2O4. The van der Waals surface area contributed by atoms with Crippen molar-refractivity contribution in [3.05, 3.63) is 29.8 Å². The summed E-state index contributed by atoms with van der Waals surface area (Å²) < 4.78 is 4.65. The molecule has 6 heteroatoms. The van der Waals surface area contributed by atoms with Crippen molar-refractivity contribution in [1.29, 1.82) is 0 Å². The zero-order valence-electron chi connectivity index (χ0n) is 13.0. The van der Waals surface area contributed by atoms with E-state index < -0.39 is 11.9 Å². The Morgan fingerprint density at radius 3 is 2.50 bits per heavy atom. The van der Waals surface area contributed by atoms with Crippen molar-refractivity contribution in [2.24, 2.45) is 0 Å². The maximum atomic E-state index is 11.9. The molecule has 1 aromatic carbocycles. The molecule has 0 saturated heterocycles. The Bertz CT molecular complexity index is 529. The molecule has 0 heterocycles. The molecular weight excluding hydrogens is 284 g/mol. The summed E-state index contributed by atoms with van der Waals surface area (Å²) in [6.07, 6.45) is 2.73. The van der Waals surface area contributed by atoms with Crippen LogP contribution in [0.15, 0.2) is 24.3 Å². The molecule has 0 aromatic heterocycles. The molecule has 22 heavy (non-hydrogen) atoms. The van der Waals surface area contributed by atoms with Crippen molar-refractivity contribution in [1.82, 2.24) is 5.32 Å². The number of anilines is 1. The van der Waals surface area contributed by atoms with Crippen LogP contribution in [-0.2, 0) is 14.3 Å². The van der Waals surface area contributed by atoms with E-state index in [4.69, 9.17) is 0 Å². The van der Waals surface area contributed by atoms with Crippen LogP contribution < -0.4 is 10.6 Å². The fourth-order valence-electron chi connectivity index (χ4n) is 1.89. The van der Waals surface area contributed by atoms with Gasteiger partial charge in [0.25, 0.3) is 0 Å². The van der Waals surface area contributed by atoms with E-state index in [0.717, 1.165) is 19.3 Å². The summed E-state index contributed by atoms with van der Waals surface area (Å²) in [6, 6.07) is 6.49. The molecule has 2 N–H and O–H groups in total. The van der Waals surface area contributed by atoms with E-state index in [9.17, 15) is 14.4 Å². The average molecular weight is 306 g/mol. The normalized spacial score (nSPS) is 9.91. The van der Waals surface area contributed by atoms with Gasteiger partial charge in [-0.3, -0.25) is 9.59 Å². The van der Waals surface area contributed by atoms with Gasteiger partial charge < -0.3 is 15.4 Å². The Hall–Kier alpha value is -2.37. The first-order valence-corrected chi connectivity index (χ1v) is 7.32. The van der Waals surface area contributed by atoms with Crippen molar-refractivity contribution in [3.8, 4) is 0 Å². The molecule has 0 atom stereocenters. The minimum Gasteiger partial charge on any atom is -0.465 e. The highest BCUT2D eigenvalue weighted by atomic mass is 16.5. The monoisotopic (exact) mass is 306 g/mol. The van der Waals surface area contributed by atoms with Crippen LogP contribution in [0.5, 0.6) is 0 Å². The van der Waals surface area contributed by atoms with Gasteiger partial charge in [0.1, 0.15) is 6.42 Å². The van der Waals surface area contributed by atoms with E-state index >= 15 is 0 Å². The number of ether oxygens (including phenoxy) is 1. The highest BCUT2D eigenvalue weighted by Gasteiger charge is 2.15. The number of rotatable bonds is 8. The molecule has 0 unspecified atom stereocenters. The fraction of sp³-hybridized carbons (Fsp3) is 0.438. The van der Waals surface area contributed by atoms with Gasteiger partial charge in [0, 0.05) is 6.54 Å². The van der Waals surface area contributed by atoms with Crippen LogP contribution in [0.25, 0.3) is 0 Å². The van der Waals surface area contributed by atoms with Gasteiger partial charge in [0.2, 0.25) is 11.8 Å². The summed E-state index contributed by atoms with van der Waals surface area (Å²) in [7, 11) is 1.27. The van der Waals surface area contributed by atoms with Gasteiger partial charge in [-0.05, 0) is 18.6 Å². The second-order valence-corrected chi connectivity index (χ2v) is 4.82. The molecule has 0 aliphatic heterocycles. The minimum atomic E-state index is -0.542. The predicted octanol–water partition coefficient (Wildman–Crippen LogP) is 2.11. The number of carbonyl (C=O) groups excluding carboxylic acids is 3. The number of esters is 1. The van der Waals surface area contributed by atoms with E-state index in [1.807, 2.05) is 0 Å². The van der Waals surface area contributed by atoms with Crippen LogP contribution >= 0.6 is 0 Å². The van der Waals surface area contributed by atoms with Gasteiger partial charge in [-0.25, -0.2) is 4.79 Å². The van der Waals surface area contributed by atoms with Gasteiger partial charge >= 0.3 is 5.97 Å². The van der Waals surface area contributed by atoms with Crippen molar-refractivity contribution >= 4 is 23.5 Å². The second kappa shape index (κ2) is 9.55. The number of unbranched alkanes of at least 4 members (excludes halogenated alkanes) is 2. The number of para-hydroxylation sites is 1. The van der Waals surface area contributed by atoms with E-state index in [-0.39, 0.29) is 17.9 Å². The summed E-state index contributed by atoms with van der Waals surface area (Å²) in [5, 5.41) is 5.25. The van der Waals surface area contributed by atoms with Crippen molar-refractivity contribution in [3.63, 3.8) is 0 Å². The first-order chi connectivity index (χ1) is 10.6. The first kappa shape index (κ1) is 17.7. The van der Waals surface area contributed by atoms with Crippen LogP contribution in [0.4, 0.5) is 5.69 Å². The highest BCUT2D eigenvalue weighted by molar-refractivity contribution is 6.06. The Balaban J connectivity index is 2.52. The Morgan fingerprint density at radius 1 is 1.09 bits per heavy atom. The maximum Gasteiger partial charge on any atom is 0.339 e. The highest BCUT2D eigenvalue weighted by Crippen LogP contribution is 2.16. The lowest BCUT2D eigenvalue weighted by Gasteiger charge is -2.09. The molecule has 1 rings (SSSR count). The Kier molecular flexibility index (Phi) is 7.67. The van der Waals surface area contributed by atoms with Crippen LogP contribution in [0.2, 0.25) is 0 Å². The molecule has 6 nitrogen and oxygen atoms in total. The first-order valence-electron chi connectivity index (χ1n) is 7.32. The quantitative estimate of drug-likeness (QED) is 0.437. The summed E-state index contributed by atoms with van der Waals surface area (Å²) in [5.74, 6) is -1.34. The molecule has 0 aliphatic rings. The lowest BCUT2D eigenvalue weighted by molar-refractivity contribution is -0.126. The largest absolute Gasteiger partial charge is 0.465 e. The van der Waals surface area contributed by atoms with E-state index in [1.165, 1.54) is 7.11 Å². The Morgan fingerprint density at radius 2 is 1.82 bits per heavy atom. The number of methoxy groups -OCH3 is 1. The van der Waals surface area contributed by atoms with Gasteiger partial charge in [-0.1, -0.05) is 31.9 Å². The summed E-state index contributed by atoms with van der Waals surface area (Å²) in [4.78, 5) is 35.1. The zero-order valence-corrected chi connectivity index (χ0v) is 13.0. The van der Waals surface area contributed by atoms with Gasteiger partial charge in [0.05, 0.1) is 18.4 Å². The van der Waals surface area contributed by atoms with Crippen LogP contribution in [0, 0.1) is 0 Å². The number of hydrogen-bond donors (Lipinski definition) is 2. The molecule has 0 aliphatic carbocycles. The van der Waals surface area contributed by atoms with Crippen molar-refractivity contribution in [2.75, 3.05) is 19.0 Å². The predicted molar refractivity (Wildman–Crippen MR) is 83.6 cm³/mol. The lowest BCUT2D eigenvalue weighted by Crippen LogP contribution is -2.29. The zero-order chi connectivity index (χ0) is 16.4. The number of amides is 2. The summed E-state index contributed by atoms with van der Waals surface area (Å²) in [5.41, 5.74) is 0.583. The van der Waals surface area contributed by atoms with Gasteiger partial charge in [-0.15, -0.1) is 0 Å². The average Bonchev–Trinajstić information content (AvgIpc) is 2.51. The van der Waals surface area contributed by atoms with Crippen molar-refractivity contribution in [2.45, 2.75) is 32.6 Å². The molecule has 0 spiro atoms. The number of carbonyl (C=O) groups is 3. The molecule has 0 saturated carbocycles. The van der Waals surface area contributed by atoms with Gasteiger partial charge in [-0.2, -0.15) is 0 Å². The molecule has 1 aromatic rings. The smallest absolute Gasteiger partial charge is 0.339 e. The topological polar surface area (TPSA) is 84.5 Å². The molecule has 120 valence electrons. The number of hydrogen-bond acceptors (Lipinski definition) is 4. The standard InChI is InChI=1S/C16H22N2O4/c1-3-4-7-10-17-14(19)11-15(20)18-13-9-6-5-8-12(13)16(21)22-2/h5-6,8-9H,3-4,7,10-11H2,1-2H3,(H,17,19)(H,18,20). The molecule has 0 fully saturated rings. The molecule has 0 radical (unpaired) electrons. The van der Waals surface area contributed by atoms with Gasteiger partial charge in [0.15, 0.2) is 0 Å². The third kappa shape index (κ3) is 5.95. The fourth-order valence-corrected chi connectivity index (χ4v) is 1.89.